The van der Waals surface area contributed by atoms with Crippen molar-refractivity contribution in [3.63, 3.8) is 0 Å². The number of rotatable bonds is 10. The Morgan fingerprint density at radius 2 is 1.71 bits per heavy atom. The molecule has 2 aromatic rings. The van der Waals surface area contributed by atoms with Crippen molar-refractivity contribution in [1.29, 1.82) is 0 Å². The van der Waals surface area contributed by atoms with Gasteiger partial charge in [-0.2, -0.15) is 0 Å². The predicted molar refractivity (Wildman–Crippen MR) is 142 cm³/mol. The summed E-state index contributed by atoms with van der Waals surface area (Å²) < 4.78 is 0. The van der Waals surface area contributed by atoms with Crippen LogP contribution in [0.2, 0.25) is 0 Å². The van der Waals surface area contributed by atoms with Gasteiger partial charge in [-0.1, -0.05) is 30.3 Å². The van der Waals surface area contributed by atoms with Gasteiger partial charge >= 0.3 is 0 Å². The third-order valence-electron chi connectivity index (χ3n) is 4.91. The van der Waals surface area contributed by atoms with Crippen molar-refractivity contribution >= 4 is 41.5 Å². The standard InChI is InChI=1S/C24H35N5O.HI/c1-5-29(22-13-7-6-8-14-22)18-10-16-26-24(25-2)27-17-15-20-11-9-12-21(19-20)23(30)28(3)4;/h6-9,11-14,19H,5,10,15-18H2,1-4H3,(H2,25,26,27);1H. The molecule has 1 amide bonds. The Bertz CT molecular complexity index is 811. The molecule has 170 valence electrons. The van der Waals surface area contributed by atoms with Crippen LogP contribution in [-0.2, 0) is 6.42 Å². The third-order valence-corrected chi connectivity index (χ3v) is 4.91. The molecule has 0 fully saturated rings. The molecule has 2 N–H and O–H groups in total. The largest absolute Gasteiger partial charge is 0.372 e. The number of guanidine groups is 1. The van der Waals surface area contributed by atoms with Crippen LogP contribution in [-0.4, -0.2) is 64.1 Å². The van der Waals surface area contributed by atoms with Crippen molar-refractivity contribution in [3.8, 4) is 0 Å². The molecule has 0 saturated carbocycles. The lowest BCUT2D eigenvalue weighted by Gasteiger charge is -2.23. The molecule has 0 aliphatic carbocycles. The lowest BCUT2D eigenvalue weighted by molar-refractivity contribution is 0.0827. The van der Waals surface area contributed by atoms with E-state index in [1.165, 1.54) is 5.69 Å². The van der Waals surface area contributed by atoms with E-state index >= 15 is 0 Å². The predicted octanol–water partition coefficient (Wildman–Crippen LogP) is 3.63. The van der Waals surface area contributed by atoms with Crippen LogP contribution in [0, 0.1) is 0 Å². The summed E-state index contributed by atoms with van der Waals surface area (Å²) in [5.41, 5.74) is 3.11. The lowest BCUT2D eigenvalue weighted by Crippen LogP contribution is -2.39. The molecule has 0 aliphatic heterocycles. The molecule has 0 bridgehead atoms. The molecule has 0 saturated heterocycles. The number of hydrogen-bond acceptors (Lipinski definition) is 3. The molecule has 0 unspecified atom stereocenters. The summed E-state index contributed by atoms with van der Waals surface area (Å²) in [7, 11) is 5.33. The number of nitrogens with zero attached hydrogens (tertiary/aromatic N) is 3. The second kappa shape index (κ2) is 14.7. The van der Waals surface area contributed by atoms with E-state index in [0.717, 1.165) is 56.1 Å². The van der Waals surface area contributed by atoms with Crippen LogP contribution >= 0.6 is 24.0 Å². The highest BCUT2D eigenvalue weighted by atomic mass is 127. The summed E-state index contributed by atoms with van der Waals surface area (Å²) in [6.07, 6.45) is 1.85. The van der Waals surface area contributed by atoms with Gasteiger partial charge in [-0.15, -0.1) is 24.0 Å². The van der Waals surface area contributed by atoms with Crippen LogP contribution in [0.15, 0.2) is 59.6 Å². The quantitative estimate of drug-likeness (QED) is 0.211. The molecule has 0 aromatic heterocycles. The van der Waals surface area contributed by atoms with Crippen LogP contribution in [0.3, 0.4) is 0 Å². The number of nitrogens with one attached hydrogen (secondary N) is 2. The third kappa shape index (κ3) is 9.16. The molecular formula is C24H36IN5O. The van der Waals surface area contributed by atoms with Gasteiger partial charge in [0.05, 0.1) is 0 Å². The average Bonchev–Trinajstić information content (AvgIpc) is 2.78. The van der Waals surface area contributed by atoms with Gasteiger partial charge in [-0.25, -0.2) is 0 Å². The Balaban J connectivity index is 0.00000480. The lowest BCUT2D eigenvalue weighted by atomic mass is 10.1. The maximum Gasteiger partial charge on any atom is 0.253 e. The smallest absolute Gasteiger partial charge is 0.253 e. The SMILES string of the molecule is CCN(CCCNC(=NC)NCCc1cccc(C(=O)N(C)C)c1)c1ccccc1.I. The normalized spacial score (nSPS) is 10.8. The van der Waals surface area contributed by atoms with Crippen LogP contribution in [0.5, 0.6) is 0 Å². The van der Waals surface area contributed by atoms with Gasteiger partial charge in [0.25, 0.3) is 5.91 Å². The first kappa shape index (κ1) is 26.7. The highest BCUT2D eigenvalue weighted by molar-refractivity contribution is 14.0. The fourth-order valence-corrected chi connectivity index (χ4v) is 3.25. The molecule has 0 aliphatic rings. The first-order valence-electron chi connectivity index (χ1n) is 10.6. The van der Waals surface area contributed by atoms with E-state index in [-0.39, 0.29) is 29.9 Å². The molecule has 31 heavy (non-hydrogen) atoms. The average molecular weight is 537 g/mol. The van der Waals surface area contributed by atoms with E-state index in [1.807, 2.05) is 30.3 Å². The minimum atomic E-state index is 0. The minimum Gasteiger partial charge on any atom is -0.372 e. The van der Waals surface area contributed by atoms with E-state index in [1.54, 1.807) is 26.0 Å². The molecule has 2 rings (SSSR count). The van der Waals surface area contributed by atoms with Gasteiger partial charge < -0.3 is 20.4 Å². The number of amides is 1. The van der Waals surface area contributed by atoms with Crippen molar-refractivity contribution in [2.45, 2.75) is 19.8 Å². The number of hydrogen-bond donors (Lipinski definition) is 2. The Labute approximate surface area is 204 Å². The molecule has 0 atom stereocenters. The summed E-state index contributed by atoms with van der Waals surface area (Å²) in [6, 6.07) is 18.3. The maximum absolute atomic E-state index is 12.1. The monoisotopic (exact) mass is 537 g/mol. The Morgan fingerprint density at radius 3 is 2.35 bits per heavy atom. The van der Waals surface area contributed by atoms with Crippen molar-refractivity contribution in [1.82, 2.24) is 15.5 Å². The van der Waals surface area contributed by atoms with Crippen LogP contribution in [0.1, 0.15) is 29.3 Å². The summed E-state index contributed by atoms with van der Waals surface area (Å²) in [5, 5.41) is 6.74. The van der Waals surface area contributed by atoms with E-state index in [4.69, 9.17) is 0 Å². The molecule has 7 heteroatoms. The van der Waals surface area contributed by atoms with Crippen molar-refractivity contribution in [3.05, 3.63) is 65.7 Å². The molecule has 0 heterocycles. The molecule has 2 aromatic carbocycles. The number of para-hydroxylation sites is 1. The fourth-order valence-electron chi connectivity index (χ4n) is 3.25. The second-order valence-electron chi connectivity index (χ2n) is 7.34. The fraction of sp³-hybridized carbons (Fsp3) is 0.417. The zero-order valence-electron chi connectivity index (χ0n) is 19.1. The van der Waals surface area contributed by atoms with Gasteiger partial charge in [-0.05, 0) is 49.6 Å². The first-order valence-corrected chi connectivity index (χ1v) is 10.6. The summed E-state index contributed by atoms with van der Waals surface area (Å²) in [4.78, 5) is 20.4. The number of anilines is 1. The number of benzene rings is 2. The minimum absolute atomic E-state index is 0. The zero-order valence-corrected chi connectivity index (χ0v) is 21.4. The van der Waals surface area contributed by atoms with Gasteiger partial charge in [0, 0.05) is 58.6 Å². The highest BCUT2D eigenvalue weighted by Crippen LogP contribution is 2.12. The number of carbonyl (C=O) groups is 1. The van der Waals surface area contributed by atoms with Crippen LogP contribution < -0.4 is 15.5 Å². The van der Waals surface area contributed by atoms with Gasteiger partial charge in [0.15, 0.2) is 5.96 Å². The highest BCUT2D eigenvalue weighted by Gasteiger charge is 2.08. The number of halogens is 1. The summed E-state index contributed by atoms with van der Waals surface area (Å²) in [6.45, 7) is 5.78. The van der Waals surface area contributed by atoms with Gasteiger partial charge in [0.2, 0.25) is 0 Å². The molecular weight excluding hydrogens is 501 g/mol. The Hall–Kier alpha value is -2.29. The van der Waals surface area contributed by atoms with Crippen molar-refractivity contribution in [2.24, 2.45) is 4.99 Å². The van der Waals surface area contributed by atoms with Crippen molar-refractivity contribution < 1.29 is 4.79 Å². The second-order valence-corrected chi connectivity index (χ2v) is 7.34. The van der Waals surface area contributed by atoms with Crippen LogP contribution in [0.25, 0.3) is 0 Å². The summed E-state index contributed by atoms with van der Waals surface area (Å²) in [5.74, 6) is 0.831. The molecule has 0 spiro atoms. The maximum atomic E-state index is 12.1. The molecule has 6 nitrogen and oxygen atoms in total. The topological polar surface area (TPSA) is 60.0 Å². The van der Waals surface area contributed by atoms with E-state index < -0.39 is 0 Å². The summed E-state index contributed by atoms with van der Waals surface area (Å²) >= 11 is 0. The Morgan fingerprint density at radius 1 is 1.00 bits per heavy atom. The van der Waals surface area contributed by atoms with Gasteiger partial charge in [0.1, 0.15) is 0 Å². The molecule has 0 radical (unpaired) electrons. The Kier molecular flexibility index (Phi) is 12.7. The van der Waals surface area contributed by atoms with Crippen LogP contribution in [0.4, 0.5) is 5.69 Å². The zero-order chi connectivity index (χ0) is 21.8. The van der Waals surface area contributed by atoms with E-state index in [9.17, 15) is 4.79 Å². The number of aliphatic imine (C=N–C) groups is 1. The van der Waals surface area contributed by atoms with E-state index in [0.29, 0.717) is 0 Å². The van der Waals surface area contributed by atoms with E-state index in [2.05, 4.69) is 51.7 Å². The number of carbonyl (C=O) groups excluding carboxylic acids is 1. The van der Waals surface area contributed by atoms with Crippen molar-refractivity contribution in [2.75, 3.05) is 52.2 Å². The first-order chi connectivity index (χ1) is 14.5. The van der Waals surface area contributed by atoms with Gasteiger partial charge in [-0.3, -0.25) is 9.79 Å².